The Labute approximate surface area is 126 Å². The van der Waals surface area contributed by atoms with Gasteiger partial charge in [-0.2, -0.15) is 0 Å². The minimum atomic E-state index is -0.984. The van der Waals surface area contributed by atoms with Gasteiger partial charge in [-0.05, 0) is 25.1 Å². The molecule has 1 aromatic carbocycles. The molecule has 6 nitrogen and oxygen atoms in total. The summed E-state index contributed by atoms with van der Waals surface area (Å²) in [5.41, 5.74) is -0.564. The summed E-state index contributed by atoms with van der Waals surface area (Å²) in [5, 5.41) is 0. The number of benzene rings is 1. The van der Waals surface area contributed by atoms with E-state index < -0.39 is 23.6 Å². The molecule has 2 aliphatic rings. The average molecular weight is 302 g/mol. The number of esters is 2. The first-order valence-corrected chi connectivity index (χ1v) is 6.82. The van der Waals surface area contributed by atoms with Crippen molar-refractivity contribution in [2.45, 2.75) is 32.0 Å². The topological polar surface area (TPSA) is 78.9 Å². The molecule has 22 heavy (non-hydrogen) atoms. The molecule has 0 saturated heterocycles. The van der Waals surface area contributed by atoms with Crippen LogP contribution in [-0.4, -0.2) is 29.4 Å². The van der Waals surface area contributed by atoms with E-state index in [1.165, 1.54) is 19.1 Å². The van der Waals surface area contributed by atoms with Gasteiger partial charge in [0.25, 0.3) is 0 Å². The van der Waals surface area contributed by atoms with Crippen molar-refractivity contribution in [3.8, 4) is 11.5 Å². The van der Waals surface area contributed by atoms with Crippen LogP contribution in [0.5, 0.6) is 11.5 Å². The largest absolute Gasteiger partial charge is 0.485 e. The molecule has 1 aromatic rings. The van der Waals surface area contributed by atoms with Crippen LogP contribution in [0.4, 0.5) is 0 Å². The first-order valence-electron chi connectivity index (χ1n) is 6.82. The first kappa shape index (κ1) is 14.3. The van der Waals surface area contributed by atoms with Gasteiger partial charge >= 0.3 is 11.9 Å². The fourth-order valence-electron chi connectivity index (χ4n) is 2.54. The van der Waals surface area contributed by atoms with E-state index in [-0.39, 0.29) is 12.2 Å². The number of Topliss-reactive ketones (excluding diaryl/α,β-unsaturated/α-hetero) is 1. The minimum absolute atomic E-state index is 0.105. The zero-order chi connectivity index (χ0) is 15.9. The molecule has 0 radical (unpaired) electrons. The molecule has 0 saturated carbocycles. The second-order valence-corrected chi connectivity index (χ2v) is 5.42. The van der Waals surface area contributed by atoms with Crippen LogP contribution in [0.1, 0.15) is 30.6 Å². The number of hydrogen-bond donors (Lipinski definition) is 0. The zero-order valence-corrected chi connectivity index (χ0v) is 12.1. The predicted octanol–water partition coefficient (Wildman–Crippen LogP) is 1.82. The number of hydrogen-bond acceptors (Lipinski definition) is 6. The molecule has 6 heteroatoms. The van der Waals surface area contributed by atoms with Gasteiger partial charge in [0.15, 0.2) is 11.4 Å². The molecule has 3 rings (SSSR count). The fraction of sp³-hybridized carbons (Fsp3) is 0.312. The van der Waals surface area contributed by atoms with Gasteiger partial charge in [-0.1, -0.05) is 0 Å². The quantitative estimate of drug-likeness (QED) is 0.612. The van der Waals surface area contributed by atoms with Crippen LogP contribution in [0.3, 0.4) is 0 Å². The van der Waals surface area contributed by atoms with Gasteiger partial charge in [0.2, 0.25) is 0 Å². The number of rotatable bonds is 2. The van der Waals surface area contributed by atoms with Crippen molar-refractivity contribution in [3.63, 3.8) is 0 Å². The molecule has 2 atom stereocenters. The van der Waals surface area contributed by atoms with Gasteiger partial charge in [0.05, 0.1) is 12.0 Å². The number of carbonyl (C=O) groups excluding carboxylic acids is 3. The summed E-state index contributed by atoms with van der Waals surface area (Å²) < 4.78 is 16.0. The molecular weight excluding hydrogens is 288 g/mol. The van der Waals surface area contributed by atoms with E-state index in [9.17, 15) is 14.4 Å². The summed E-state index contributed by atoms with van der Waals surface area (Å²) in [7, 11) is 0. The second kappa shape index (κ2) is 4.98. The maximum atomic E-state index is 12.3. The van der Waals surface area contributed by atoms with Crippen LogP contribution < -0.4 is 9.47 Å². The van der Waals surface area contributed by atoms with Crippen LogP contribution >= 0.6 is 0 Å². The predicted molar refractivity (Wildman–Crippen MR) is 74.8 cm³/mol. The third kappa shape index (κ3) is 2.47. The molecule has 2 heterocycles. The summed E-state index contributed by atoms with van der Waals surface area (Å²) in [6.07, 6.45) is 2.39. The monoisotopic (exact) mass is 302 g/mol. The molecule has 0 fully saturated rings. The summed E-state index contributed by atoms with van der Waals surface area (Å²) in [5.74, 6) is -0.421. The van der Waals surface area contributed by atoms with Crippen molar-refractivity contribution in [1.29, 1.82) is 0 Å². The summed E-state index contributed by atoms with van der Waals surface area (Å²) >= 11 is 0. The van der Waals surface area contributed by atoms with Crippen LogP contribution in [-0.2, 0) is 14.3 Å². The van der Waals surface area contributed by atoms with E-state index in [1.54, 1.807) is 25.1 Å². The Kier molecular flexibility index (Phi) is 3.24. The standard InChI is InChI=1S/C16H14O6/c1-9(17)20-10-3-4-11-12(18)8-14(21-13(11)7-10)16(2)6-5-15(19)22-16/h3-7,14H,8H2,1-2H3/t14-,16+/m0/s1. The van der Waals surface area contributed by atoms with E-state index >= 15 is 0 Å². The fourth-order valence-corrected chi connectivity index (χ4v) is 2.54. The maximum absolute atomic E-state index is 12.3. The van der Waals surface area contributed by atoms with Crippen molar-refractivity contribution in [2.75, 3.05) is 0 Å². The lowest BCUT2D eigenvalue weighted by Gasteiger charge is -2.34. The van der Waals surface area contributed by atoms with Crippen LogP contribution in [0.25, 0.3) is 0 Å². The summed E-state index contributed by atoms with van der Waals surface area (Å²) in [4.78, 5) is 34.6. The van der Waals surface area contributed by atoms with Gasteiger partial charge in [0.1, 0.15) is 17.6 Å². The van der Waals surface area contributed by atoms with E-state index in [1.807, 2.05) is 0 Å². The highest BCUT2D eigenvalue weighted by Gasteiger charge is 2.44. The number of carbonyl (C=O) groups is 3. The van der Waals surface area contributed by atoms with Crippen LogP contribution in [0.2, 0.25) is 0 Å². The molecule has 0 unspecified atom stereocenters. The van der Waals surface area contributed by atoms with Crippen molar-refractivity contribution in [2.24, 2.45) is 0 Å². The maximum Gasteiger partial charge on any atom is 0.331 e. The molecule has 0 N–H and O–H groups in total. The van der Waals surface area contributed by atoms with Gasteiger partial charge < -0.3 is 14.2 Å². The Morgan fingerprint density at radius 2 is 2.14 bits per heavy atom. The van der Waals surface area contributed by atoms with Gasteiger partial charge in [0, 0.05) is 19.1 Å². The lowest BCUT2D eigenvalue weighted by molar-refractivity contribution is -0.151. The highest BCUT2D eigenvalue weighted by Crippen LogP contribution is 2.37. The van der Waals surface area contributed by atoms with E-state index in [4.69, 9.17) is 14.2 Å². The second-order valence-electron chi connectivity index (χ2n) is 5.42. The van der Waals surface area contributed by atoms with Crippen molar-refractivity contribution < 1.29 is 28.6 Å². The number of ether oxygens (including phenoxy) is 3. The van der Waals surface area contributed by atoms with E-state index in [0.29, 0.717) is 17.1 Å². The van der Waals surface area contributed by atoms with Gasteiger partial charge in [-0.15, -0.1) is 0 Å². The third-order valence-electron chi connectivity index (χ3n) is 3.67. The number of ketones is 1. The molecule has 0 bridgehead atoms. The third-order valence-corrected chi connectivity index (χ3v) is 3.67. The normalized spacial score (nSPS) is 26.2. The smallest absolute Gasteiger partial charge is 0.331 e. The molecule has 0 aromatic heterocycles. The molecule has 0 amide bonds. The highest BCUT2D eigenvalue weighted by molar-refractivity contribution is 6.00. The lowest BCUT2D eigenvalue weighted by Crippen LogP contribution is -2.46. The summed E-state index contributed by atoms with van der Waals surface area (Å²) in [6.45, 7) is 2.98. The Hall–Kier alpha value is -2.63. The van der Waals surface area contributed by atoms with Crippen LogP contribution in [0, 0.1) is 0 Å². The minimum Gasteiger partial charge on any atom is -0.485 e. The molecule has 2 aliphatic heterocycles. The molecule has 114 valence electrons. The van der Waals surface area contributed by atoms with Gasteiger partial charge in [-0.25, -0.2) is 4.79 Å². The Morgan fingerprint density at radius 3 is 2.77 bits per heavy atom. The Morgan fingerprint density at radius 1 is 1.36 bits per heavy atom. The zero-order valence-electron chi connectivity index (χ0n) is 12.1. The van der Waals surface area contributed by atoms with Crippen LogP contribution in [0.15, 0.2) is 30.4 Å². The molecule has 0 spiro atoms. The lowest BCUT2D eigenvalue weighted by atomic mass is 9.90. The molecule has 0 aliphatic carbocycles. The SMILES string of the molecule is CC(=O)Oc1ccc2c(c1)O[C@H]([C@@]1(C)C=CC(=O)O1)CC2=O. The van der Waals surface area contributed by atoms with E-state index in [0.717, 1.165) is 0 Å². The van der Waals surface area contributed by atoms with E-state index in [2.05, 4.69) is 0 Å². The molecular formula is C16H14O6. The number of cyclic esters (lactones) is 1. The van der Waals surface area contributed by atoms with Gasteiger partial charge in [-0.3, -0.25) is 9.59 Å². The number of fused-ring (bicyclic) bond motifs is 1. The van der Waals surface area contributed by atoms with Crippen molar-refractivity contribution in [1.82, 2.24) is 0 Å². The highest BCUT2D eigenvalue weighted by atomic mass is 16.6. The van der Waals surface area contributed by atoms with Crippen molar-refractivity contribution >= 4 is 17.7 Å². The average Bonchev–Trinajstić information content (AvgIpc) is 2.78. The Bertz CT molecular complexity index is 705. The first-order chi connectivity index (χ1) is 10.4. The van der Waals surface area contributed by atoms with Crippen molar-refractivity contribution in [3.05, 3.63) is 35.9 Å². The Balaban J connectivity index is 1.90. The summed E-state index contributed by atoms with van der Waals surface area (Å²) in [6, 6.07) is 4.59.